The van der Waals surface area contributed by atoms with Crippen LogP contribution in [-0.2, 0) is 6.42 Å². The predicted molar refractivity (Wildman–Crippen MR) is 73.6 cm³/mol. The number of benzene rings is 1. The lowest BCUT2D eigenvalue weighted by Crippen LogP contribution is -2.31. The zero-order chi connectivity index (χ0) is 12.6. The monoisotopic (exact) mass is 244 g/mol. The van der Waals surface area contributed by atoms with E-state index in [0.717, 1.165) is 25.9 Å². The molecule has 0 spiro atoms. The Morgan fingerprint density at radius 3 is 2.94 bits per heavy atom. The molecule has 1 aromatic heterocycles. The van der Waals surface area contributed by atoms with Gasteiger partial charge in [-0.3, -0.25) is 0 Å². The van der Waals surface area contributed by atoms with Crippen LogP contribution in [0.2, 0.25) is 0 Å². The van der Waals surface area contributed by atoms with Crippen LogP contribution in [0.25, 0.3) is 10.9 Å². The molecule has 0 saturated carbocycles. The second kappa shape index (κ2) is 4.41. The summed E-state index contributed by atoms with van der Waals surface area (Å²) in [7, 11) is 2.13. The van der Waals surface area contributed by atoms with E-state index in [-0.39, 0.29) is 12.0 Å². The Kier molecular flexibility index (Phi) is 2.88. The Morgan fingerprint density at radius 1 is 1.39 bits per heavy atom. The summed E-state index contributed by atoms with van der Waals surface area (Å²) in [5.74, 6) is 0. The van der Waals surface area contributed by atoms with Gasteiger partial charge in [0, 0.05) is 29.1 Å². The van der Waals surface area contributed by atoms with Crippen LogP contribution < -0.4 is 0 Å². The van der Waals surface area contributed by atoms with E-state index in [9.17, 15) is 5.11 Å². The van der Waals surface area contributed by atoms with Crippen molar-refractivity contribution in [1.82, 2.24) is 9.88 Å². The summed E-state index contributed by atoms with van der Waals surface area (Å²) in [6, 6.07) is 8.38. The number of H-pyrrole nitrogens is 1. The zero-order valence-electron chi connectivity index (χ0n) is 10.8. The van der Waals surface area contributed by atoms with Gasteiger partial charge in [0.1, 0.15) is 0 Å². The molecule has 3 nitrogen and oxygen atoms in total. The van der Waals surface area contributed by atoms with Gasteiger partial charge < -0.3 is 15.0 Å². The normalized spacial score (nSPS) is 25.0. The van der Waals surface area contributed by atoms with Gasteiger partial charge in [-0.15, -0.1) is 0 Å². The first-order chi connectivity index (χ1) is 8.72. The third-order valence-corrected chi connectivity index (χ3v) is 4.20. The number of nitrogens with zero attached hydrogens (tertiary/aromatic N) is 1. The molecule has 1 aromatic carbocycles. The van der Waals surface area contributed by atoms with Gasteiger partial charge in [-0.05, 0) is 38.1 Å². The molecule has 2 N–H and O–H groups in total. The fourth-order valence-corrected chi connectivity index (χ4v) is 3.17. The number of rotatable bonds is 3. The minimum Gasteiger partial charge on any atom is -0.396 e. The molecule has 2 heterocycles. The van der Waals surface area contributed by atoms with Gasteiger partial charge in [0.05, 0.1) is 6.61 Å². The molecule has 1 atom stereocenters. The maximum atomic E-state index is 9.77. The first-order valence-corrected chi connectivity index (χ1v) is 6.57. The molecule has 0 bridgehead atoms. The van der Waals surface area contributed by atoms with E-state index in [1.165, 1.54) is 16.5 Å². The molecule has 96 valence electrons. The number of aromatic amines is 1. The third kappa shape index (κ3) is 1.93. The second-order valence-electron chi connectivity index (χ2n) is 5.68. The number of para-hydroxylation sites is 1. The molecule has 1 aliphatic heterocycles. The van der Waals surface area contributed by atoms with E-state index >= 15 is 0 Å². The lowest BCUT2D eigenvalue weighted by Gasteiger charge is -2.26. The van der Waals surface area contributed by atoms with Crippen molar-refractivity contribution in [1.29, 1.82) is 0 Å². The number of aliphatic hydroxyl groups excluding tert-OH is 1. The lowest BCUT2D eigenvalue weighted by atomic mass is 9.81. The summed E-state index contributed by atoms with van der Waals surface area (Å²) < 4.78 is 0. The van der Waals surface area contributed by atoms with Gasteiger partial charge >= 0.3 is 0 Å². The van der Waals surface area contributed by atoms with Crippen molar-refractivity contribution in [2.75, 3.05) is 26.7 Å². The topological polar surface area (TPSA) is 39.3 Å². The van der Waals surface area contributed by atoms with Gasteiger partial charge in [-0.25, -0.2) is 0 Å². The van der Waals surface area contributed by atoms with Crippen LogP contribution >= 0.6 is 0 Å². The number of aromatic nitrogens is 1. The number of hydrogen-bond donors (Lipinski definition) is 2. The molecule has 1 fully saturated rings. The summed E-state index contributed by atoms with van der Waals surface area (Å²) in [6.45, 7) is 2.35. The third-order valence-electron chi connectivity index (χ3n) is 4.20. The van der Waals surface area contributed by atoms with Crippen LogP contribution in [0, 0.1) is 5.41 Å². The van der Waals surface area contributed by atoms with Crippen LogP contribution in [-0.4, -0.2) is 41.7 Å². The summed E-state index contributed by atoms with van der Waals surface area (Å²) in [5, 5.41) is 11.1. The SMILES string of the molecule is CN1CCC(CO)(Cc2c[nH]c3ccccc23)C1. The van der Waals surface area contributed by atoms with Crippen molar-refractivity contribution in [2.24, 2.45) is 5.41 Å². The van der Waals surface area contributed by atoms with Gasteiger partial charge in [0.15, 0.2) is 0 Å². The van der Waals surface area contributed by atoms with Crippen molar-refractivity contribution >= 4 is 10.9 Å². The summed E-state index contributed by atoms with van der Waals surface area (Å²) in [6.07, 6.45) is 4.14. The Morgan fingerprint density at radius 2 is 2.22 bits per heavy atom. The number of fused-ring (bicyclic) bond motifs is 1. The van der Waals surface area contributed by atoms with E-state index in [0.29, 0.717) is 0 Å². The highest BCUT2D eigenvalue weighted by molar-refractivity contribution is 5.83. The number of aliphatic hydroxyl groups is 1. The number of likely N-dealkylation sites (tertiary alicyclic amines) is 1. The second-order valence-corrected chi connectivity index (χ2v) is 5.68. The Bertz CT molecular complexity index is 548. The molecule has 3 heteroatoms. The molecule has 0 radical (unpaired) electrons. The molecule has 0 aliphatic carbocycles. The lowest BCUT2D eigenvalue weighted by molar-refractivity contribution is 0.132. The average molecular weight is 244 g/mol. The van der Waals surface area contributed by atoms with Crippen LogP contribution in [0.4, 0.5) is 0 Å². The first kappa shape index (κ1) is 11.8. The zero-order valence-corrected chi connectivity index (χ0v) is 10.8. The summed E-state index contributed by atoms with van der Waals surface area (Å²) >= 11 is 0. The van der Waals surface area contributed by atoms with Gasteiger partial charge in [0.2, 0.25) is 0 Å². The van der Waals surface area contributed by atoms with Crippen LogP contribution in [0.1, 0.15) is 12.0 Å². The predicted octanol–water partition coefficient (Wildman–Crippen LogP) is 2.02. The largest absolute Gasteiger partial charge is 0.396 e. The van der Waals surface area contributed by atoms with E-state index < -0.39 is 0 Å². The highest BCUT2D eigenvalue weighted by atomic mass is 16.3. The molecule has 1 unspecified atom stereocenters. The minimum absolute atomic E-state index is 0.0414. The Hall–Kier alpha value is -1.32. The van der Waals surface area contributed by atoms with Crippen LogP contribution in [0.15, 0.2) is 30.5 Å². The molecule has 3 rings (SSSR count). The molecule has 1 aliphatic rings. The summed E-state index contributed by atoms with van der Waals surface area (Å²) in [4.78, 5) is 5.63. The average Bonchev–Trinajstić information content (AvgIpc) is 2.96. The van der Waals surface area contributed by atoms with Crippen molar-refractivity contribution in [3.63, 3.8) is 0 Å². The van der Waals surface area contributed by atoms with Crippen molar-refractivity contribution < 1.29 is 5.11 Å². The van der Waals surface area contributed by atoms with E-state index in [1.807, 2.05) is 6.07 Å². The van der Waals surface area contributed by atoms with Crippen LogP contribution in [0.3, 0.4) is 0 Å². The van der Waals surface area contributed by atoms with Crippen molar-refractivity contribution in [3.8, 4) is 0 Å². The van der Waals surface area contributed by atoms with Gasteiger partial charge in [-0.2, -0.15) is 0 Å². The highest BCUT2D eigenvalue weighted by Crippen LogP contribution is 2.35. The first-order valence-electron chi connectivity index (χ1n) is 6.57. The van der Waals surface area contributed by atoms with Gasteiger partial charge in [0.25, 0.3) is 0 Å². The van der Waals surface area contributed by atoms with Crippen LogP contribution in [0.5, 0.6) is 0 Å². The summed E-state index contributed by atoms with van der Waals surface area (Å²) in [5.41, 5.74) is 2.56. The quantitative estimate of drug-likeness (QED) is 0.867. The number of nitrogens with one attached hydrogen (secondary N) is 1. The standard InChI is InChI=1S/C15H20N2O/c1-17-7-6-15(10-17,11-18)8-12-9-16-14-5-3-2-4-13(12)14/h2-5,9,16,18H,6-8,10-11H2,1H3. The molecular weight excluding hydrogens is 224 g/mol. The number of hydrogen-bond acceptors (Lipinski definition) is 2. The molecule has 0 amide bonds. The molecule has 2 aromatic rings. The maximum Gasteiger partial charge on any atom is 0.0503 e. The molecule has 18 heavy (non-hydrogen) atoms. The smallest absolute Gasteiger partial charge is 0.0503 e. The molecular formula is C15H20N2O. The maximum absolute atomic E-state index is 9.77. The van der Waals surface area contributed by atoms with Crippen molar-refractivity contribution in [3.05, 3.63) is 36.0 Å². The Labute approximate surface area is 107 Å². The van der Waals surface area contributed by atoms with E-state index in [4.69, 9.17) is 0 Å². The van der Waals surface area contributed by atoms with E-state index in [2.05, 4.69) is 41.3 Å². The minimum atomic E-state index is 0.0414. The fraction of sp³-hybridized carbons (Fsp3) is 0.467. The fourth-order valence-electron chi connectivity index (χ4n) is 3.17. The highest BCUT2D eigenvalue weighted by Gasteiger charge is 2.36. The Balaban J connectivity index is 1.91. The van der Waals surface area contributed by atoms with Gasteiger partial charge in [-0.1, -0.05) is 18.2 Å². The van der Waals surface area contributed by atoms with E-state index in [1.54, 1.807) is 0 Å². The molecule has 1 saturated heterocycles. The van der Waals surface area contributed by atoms with Crippen molar-refractivity contribution in [2.45, 2.75) is 12.8 Å².